The van der Waals surface area contributed by atoms with Gasteiger partial charge in [-0.2, -0.15) is 0 Å². The lowest BCUT2D eigenvalue weighted by Gasteiger charge is -1.99. The maximum Gasteiger partial charge on any atom is 0.331 e. The molecule has 0 atom stereocenters. The maximum absolute atomic E-state index is 11.2. The predicted octanol–water partition coefficient (Wildman–Crippen LogP) is 2.88. The number of terminal acetylenes is 2. The van der Waals surface area contributed by atoms with Gasteiger partial charge in [0.2, 0.25) is 0 Å². The first-order valence-electron chi connectivity index (χ1n) is 6.67. The summed E-state index contributed by atoms with van der Waals surface area (Å²) < 4.78 is 9.92. The topological polar surface area (TPSA) is 35.5 Å². The second-order valence-corrected chi connectivity index (χ2v) is 4.21. The number of hydrogen-bond donors (Lipinski definition) is 0. The summed E-state index contributed by atoms with van der Waals surface area (Å²) in [7, 11) is 0. The van der Waals surface area contributed by atoms with E-state index in [-0.39, 0.29) is 6.61 Å². The molecule has 0 bridgehead atoms. The number of unbranched alkanes of at least 4 members (excludes halogenated alkanes) is 3. The van der Waals surface area contributed by atoms with Crippen molar-refractivity contribution in [1.82, 2.24) is 0 Å². The number of esters is 1. The van der Waals surface area contributed by atoms with Crippen LogP contribution in [-0.4, -0.2) is 25.8 Å². The molecule has 0 saturated carbocycles. The SMILES string of the molecule is C#CCOCCCCCC=CC(C)=CC(=O)OCC#C. The summed E-state index contributed by atoms with van der Waals surface area (Å²) in [5, 5.41) is 0. The van der Waals surface area contributed by atoms with E-state index in [1.54, 1.807) is 0 Å². The van der Waals surface area contributed by atoms with Crippen LogP contribution in [0.25, 0.3) is 0 Å². The first-order valence-corrected chi connectivity index (χ1v) is 6.67. The highest BCUT2D eigenvalue weighted by Crippen LogP contribution is 2.03. The predicted molar refractivity (Wildman–Crippen MR) is 80.8 cm³/mol. The van der Waals surface area contributed by atoms with Crippen LogP contribution in [0.15, 0.2) is 23.8 Å². The summed E-state index contributed by atoms with van der Waals surface area (Å²) in [6.45, 7) is 2.96. The molecule has 0 heterocycles. The van der Waals surface area contributed by atoms with Gasteiger partial charge in [0.15, 0.2) is 6.61 Å². The number of ether oxygens (including phenoxy) is 2. The van der Waals surface area contributed by atoms with E-state index in [0.717, 1.165) is 31.3 Å². The number of carbonyl (C=O) groups excluding carboxylic acids is 1. The fourth-order valence-electron chi connectivity index (χ4n) is 1.43. The highest BCUT2D eigenvalue weighted by atomic mass is 16.5. The van der Waals surface area contributed by atoms with Gasteiger partial charge in [-0.15, -0.1) is 12.8 Å². The maximum atomic E-state index is 11.2. The Bertz CT molecular complexity index is 405. The molecule has 0 spiro atoms. The van der Waals surface area contributed by atoms with Crippen LogP contribution in [0.3, 0.4) is 0 Å². The third-order valence-electron chi connectivity index (χ3n) is 2.37. The number of hydrogen-bond acceptors (Lipinski definition) is 3. The Kier molecular flexibility index (Phi) is 12.1. The summed E-state index contributed by atoms with van der Waals surface area (Å²) in [5.41, 5.74) is 0.851. The van der Waals surface area contributed by atoms with Gasteiger partial charge < -0.3 is 9.47 Å². The Morgan fingerprint density at radius 1 is 1.15 bits per heavy atom. The molecule has 0 rings (SSSR count). The van der Waals surface area contributed by atoms with Gasteiger partial charge in [0, 0.05) is 12.7 Å². The van der Waals surface area contributed by atoms with Crippen LogP contribution in [0.1, 0.15) is 32.6 Å². The van der Waals surface area contributed by atoms with Crippen molar-refractivity contribution in [1.29, 1.82) is 0 Å². The third-order valence-corrected chi connectivity index (χ3v) is 2.37. The Morgan fingerprint density at radius 3 is 2.60 bits per heavy atom. The zero-order chi connectivity index (χ0) is 15.1. The highest BCUT2D eigenvalue weighted by Gasteiger charge is 1.95. The van der Waals surface area contributed by atoms with Gasteiger partial charge in [-0.1, -0.05) is 30.4 Å². The molecule has 0 unspecified atom stereocenters. The first kappa shape index (κ1) is 18.0. The molecular weight excluding hydrogens is 252 g/mol. The minimum Gasteiger partial charge on any atom is -0.449 e. The molecule has 0 N–H and O–H groups in total. The van der Waals surface area contributed by atoms with E-state index in [9.17, 15) is 4.79 Å². The Labute approximate surface area is 122 Å². The first-order chi connectivity index (χ1) is 9.70. The minimum absolute atomic E-state index is 0.00801. The molecule has 0 radical (unpaired) electrons. The monoisotopic (exact) mass is 274 g/mol. The zero-order valence-electron chi connectivity index (χ0n) is 12.1. The van der Waals surface area contributed by atoms with Gasteiger partial charge in [0.1, 0.15) is 6.61 Å². The van der Waals surface area contributed by atoms with E-state index < -0.39 is 5.97 Å². The van der Waals surface area contributed by atoms with Gasteiger partial charge >= 0.3 is 5.97 Å². The second-order valence-electron chi connectivity index (χ2n) is 4.21. The molecule has 0 fully saturated rings. The fourth-order valence-corrected chi connectivity index (χ4v) is 1.43. The van der Waals surface area contributed by atoms with E-state index in [4.69, 9.17) is 22.3 Å². The number of carbonyl (C=O) groups is 1. The minimum atomic E-state index is -0.407. The summed E-state index contributed by atoms with van der Waals surface area (Å²) >= 11 is 0. The van der Waals surface area contributed by atoms with Crippen LogP contribution in [-0.2, 0) is 14.3 Å². The highest BCUT2D eigenvalue weighted by molar-refractivity contribution is 5.83. The lowest BCUT2D eigenvalue weighted by atomic mass is 10.1. The standard InChI is InChI=1S/C17H22O3/c1-4-12-19-14-10-8-6-7-9-11-16(3)15-17(18)20-13-5-2/h1-2,9,11,15H,6-8,10,12-14H2,3H3. The van der Waals surface area contributed by atoms with Crippen molar-refractivity contribution in [3.05, 3.63) is 23.8 Å². The van der Waals surface area contributed by atoms with E-state index in [0.29, 0.717) is 13.2 Å². The summed E-state index contributed by atoms with van der Waals surface area (Å²) in [6.07, 6.45) is 19.6. The van der Waals surface area contributed by atoms with Crippen molar-refractivity contribution in [2.75, 3.05) is 19.8 Å². The second kappa shape index (κ2) is 13.5. The quantitative estimate of drug-likeness (QED) is 0.202. The summed E-state index contributed by atoms with van der Waals surface area (Å²) in [4.78, 5) is 11.2. The van der Waals surface area contributed by atoms with Gasteiger partial charge in [-0.25, -0.2) is 4.79 Å². The molecular formula is C17H22O3. The van der Waals surface area contributed by atoms with Crippen LogP contribution < -0.4 is 0 Å². The van der Waals surface area contributed by atoms with Crippen LogP contribution >= 0.6 is 0 Å². The van der Waals surface area contributed by atoms with Gasteiger partial charge in [0.25, 0.3) is 0 Å². The van der Waals surface area contributed by atoms with E-state index in [1.165, 1.54) is 6.08 Å². The zero-order valence-corrected chi connectivity index (χ0v) is 12.1. The van der Waals surface area contributed by atoms with Crippen molar-refractivity contribution >= 4 is 5.97 Å². The Hall–Kier alpha value is -1.97. The molecule has 0 aromatic rings. The van der Waals surface area contributed by atoms with E-state index in [1.807, 2.05) is 19.1 Å². The van der Waals surface area contributed by atoms with Crippen LogP contribution in [0.2, 0.25) is 0 Å². The average Bonchev–Trinajstić information content (AvgIpc) is 2.43. The molecule has 0 aliphatic heterocycles. The summed E-state index contributed by atoms with van der Waals surface area (Å²) in [5.74, 6) is 4.27. The van der Waals surface area contributed by atoms with Gasteiger partial charge in [0.05, 0.1) is 0 Å². The van der Waals surface area contributed by atoms with Crippen molar-refractivity contribution in [2.45, 2.75) is 32.6 Å². The normalized spacial score (nSPS) is 11.1. The molecule has 0 saturated heterocycles. The molecule has 108 valence electrons. The number of allylic oxidation sites excluding steroid dienone is 3. The fraction of sp³-hybridized carbons (Fsp3) is 0.471. The van der Waals surface area contributed by atoms with E-state index >= 15 is 0 Å². The lowest BCUT2D eigenvalue weighted by Crippen LogP contribution is -2.00. The van der Waals surface area contributed by atoms with E-state index in [2.05, 4.69) is 11.8 Å². The smallest absolute Gasteiger partial charge is 0.331 e. The molecule has 3 nitrogen and oxygen atoms in total. The van der Waals surface area contributed by atoms with Crippen LogP contribution in [0.4, 0.5) is 0 Å². The van der Waals surface area contributed by atoms with Gasteiger partial charge in [-0.3, -0.25) is 0 Å². The third kappa shape index (κ3) is 12.5. The molecule has 0 amide bonds. The van der Waals surface area contributed by atoms with Crippen molar-refractivity contribution in [3.8, 4) is 24.7 Å². The molecule has 3 heteroatoms. The number of rotatable bonds is 10. The Balaban J connectivity index is 3.64. The molecule has 0 aliphatic carbocycles. The average molecular weight is 274 g/mol. The Morgan fingerprint density at radius 2 is 1.90 bits per heavy atom. The summed E-state index contributed by atoms with van der Waals surface area (Å²) in [6, 6.07) is 0. The lowest BCUT2D eigenvalue weighted by molar-refractivity contribution is -0.136. The largest absolute Gasteiger partial charge is 0.449 e. The van der Waals surface area contributed by atoms with Crippen molar-refractivity contribution in [2.24, 2.45) is 0 Å². The van der Waals surface area contributed by atoms with Crippen molar-refractivity contribution < 1.29 is 14.3 Å². The molecule has 20 heavy (non-hydrogen) atoms. The van der Waals surface area contributed by atoms with Crippen molar-refractivity contribution in [3.63, 3.8) is 0 Å². The van der Waals surface area contributed by atoms with Crippen LogP contribution in [0.5, 0.6) is 0 Å². The van der Waals surface area contributed by atoms with Gasteiger partial charge in [-0.05, 0) is 31.8 Å². The van der Waals surface area contributed by atoms with Crippen LogP contribution in [0, 0.1) is 24.7 Å². The molecule has 0 aliphatic rings. The molecule has 0 aromatic heterocycles. The molecule has 0 aromatic carbocycles.